The molecule has 0 amide bonds. The van der Waals surface area contributed by atoms with Gasteiger partial charge in [-0.25, -0.2) is 4.39 Å². The quantitative estimate of drug-likeness (QED) is 0.719. The fourth-order valence-corrected chi connectivity index (χ4v) is 2.63. The summed E-state index contributed by atoms with van der Waals surface area (Å²) >= 11 is 0. The minimum Gasteiger partial charge on any atom is -0.337 e. The molecule has 1 atom stereocenters. The molecule has 1 aromatic heterocycles. The van der Waals surface area contributed by atoms with E-state index in [9.17, 15) is 4.39 Å². The lowest BCUT2D eigenvalue weighted by molar-refractivity contribution is 0.435. The summed E-state index contributed by atoms with van der Waals surface area (Å²) in [6.45, 7) is 5.89. The maximum absolute atomic E-state index is 13.9. The summed E-state index contributed by atoms with van der Waals surface area (Å²) in [5.74, 6) is -0.111. The van der Waals surface area contributed by atoms with Crippen LogP contribution in [0.5, 0.6) is 0 Å². The highest BCUT2D eigenvalue weighted by Crippen LogP contribution is 2.30. The Morgan fingerprint density at radius 2 is 2.25 bits per heavy atom. The molecule has 0 fully saturated rings. The highest BCUT2D eigenvalue weighted by molar-refractivity contribution is 5.85. The average molecular weight is 218 g/mol. The fraction of sp³-hybridized carbons (Fsp3) is 0.385. The first-order chi connectivity index (χ1) is 7.68. The molecule has 3 rings (SSSR count). The first kappa shape index (κ1) is 9.85. The first-order valence-corrected chi connectivity index (χ1v) is 5.68. The summed E-state index contributed by atoms with van der Waals surface area (Å²) in [5.41, 5.74) is 3.09. The zero-order valence-electron chi connectivity index (χ0n) is 9.55. The number of nitrogens with zero attached hydrogens (tertiary/aromatic N) is 1. The van der Waals surface area contributed by atoms with Crippen LogP contribution in [-0.2, 0) is 6.54 Å². The molecule has 0 unspecified atom stereocenters. The summed E-state index contributed by atoms with van der Waals surface area (Å²) in [4.78, 5) is 0. The highest BCUT2D eigenvalue weighted by Gasteiger charge is 2.20. The number of aromatic nitrogens is 1. The van der Waals surface area contributed by atoms with Crippen molar-refractivity contribution in [2.75, 3.05) is 6.54 Å². The van der Waals surface area contributed by atoms with Gasteiger partial charge in [0.05, 0.1) is 5.52 Å². The number of halogens is 1. The lowest BCUT2D eigenvalue weighted by atomic mass is 10.1. The van der Waals surface area contributed by atoms with Crippen molar-refractivity contribution in [3.8, 4) is 0 Å². The van der Waals surface area contributed by atoms with Crippen LogP contribution >= 0.6 is 0 Å². The number of nitrogens with one attached hydrogen (secondary N) is 1. The Balaban J connectivity index is 2.42. The van der Waals surface area contributed by atoms with Gasteiger partial charge in [0.1, 0.15) is 5.82 Å². The summed E-state index contributed by atoms with van der Waals surface area (Å²) in [7, 11) is 0. The van der Waals surface area contributed by atoms with E-state index >= 15 is 0 Å². The highest BCUT2D eigenvalue weighted by atomic mass is 19.1. The molecule has 1 aliphatic heterocycles. The zero-order valence-corrected chi connectivity index (χ0v) is 9.55. The molecule has 2 aromatic rings. The van der Waals surface area contributed by atoms with Gasteiger partial charge >= 0.3 is 0 Å². The van der Waals surface area contributed by atoms with Crippen molar-refractivity contribution in [3.63, 3.8) is 0 Å². The number of aryl methyl sites for hydroxylation is 1. The van der Waals surface area contributed by atoms with Crippen molar-refractivity contribution in [2.45, 2.75) is 26.4 Å². The molecule has 0 saturated carbocycles. The van der Waals surface area contributed by atoms with Gasteiger partial charge in [-0.05, 0) is 31.5 Å². The van der Waals surface area contributed by atoms with Gasteiger partial charge in [0, 0.05) is 30.2 Å². The molecule has 2 nitrogen and oxygen atoms in total. The number of rotatable bonds is 0. The van der Waals surface area contributed by atoms with Gasteiger partial charge in [0.25, 0.3) is 0 Å². The molecule has 0 radical (unpaired) electrons. The molecule has 2 heterocycles. The summed E-state index contributed by atoms with van der Waals surface area (Å²) in [6.07, 6.45) is 0. The Hall–Kier alpha value is -1.35. The monoisotopic (exact) mass is 218 g/mol. The second-order valence-electron chi connectivity index (χ2n) is 4.61. The number of hydrogen-bond donors (Lipinski definition) is 1. The molecule has 3 heteroatoms. The van der Waals surface area contributed by atoms with E-state index in [2.05, 4.69) is 22.9 Å². The largest absolute Gasteiger partial charge is 0.337 e. The Kier molecular flexibility index (Phi) is 2.04. The van der Waals surface area contributed by atoms with Gasteiger partial charge in [0.15, 0.2) is 0 Å². The van der Waals surface area contributed by atoms with E-state index in [-0.39, 0.29) is 5.82 Å². The van der Waals surface area contributed by atoms with Crippen LogP contribution in [0.3, 0.4) is 0 Å². The molecular formula is C13H15FN2. The van der Waals surface area contributed by atoms with E-state index in [0.717, 1.165) is 29.6 Å². The molecule has 16 heavy (non-hydrogen) atoms. The van der Waals surface area contributed by atoms with E-state index < -0.39 is 0 Å². The van der Waals surface area contributed by atoms with Crippen LogP contribution in [0.25, 0.3) is 10.9 Å². The third-order valence-electron chi connectivity index (χ3n) is 3.43. The smallest absolute Gasteiger partial charge is 0.147 e. The van der Waals surface area contributed by atoms with Crippen molar-refractivity contribution in [2.24, 2.45) is 0 Å². The number of benzene rings is 1. The SMILES string of the molecule is Cc1ccc(F)c2c1cc1n2[C@H](C)CNC1. The number of fused-ring (bicyclic) bond motifs is 3. The molecule has 84 valence electrons. The Morgan fingerprint density at radius 1 is 1.44 bits per heavy atom. The summed E-state index contributed by atoms with van der Waals surface area (Å²) in [6, 6.07) is 5.84. The van der Waals surface area contributed by atoms with Gasteiger partial charge < -0.3 is 9.88 Å². The average Bonchev–Trinajstić information content (AvgIpc) is 2.65. The molecule has 1 N–H and O–H groups in total. The van der Waals surface area contributed by atoms with Crippen LogP contribution in [0.1, 0.15) is 24.2 Å². The third-order valence-corrected chi connectivity index (χ3v) is 3.43. The van der Waals surface area contributed by atoms with Crippen molar-refractivity contribution in [3.05, 3.63) is 35.3 Å². The van der Waals surface area contributed by atoms with Crippen molar-refractivity contribution in [1.29, 1.82) is 0 Å². The van der Waals surface area contributed by atoms with Crippen LogP contribution < -0.4 is 5.32 Å². The maximum Gasteiger partial charge on any atom is 0.147 e. The van der Waals surface area contributed by atoms with Crippen LogP contribution in [0.4, 0.5) is 4.39 Å². The van der Waals surface area contributed by atoms with Crippen molar-refractivity contribution >= 4 is 10.9 Å². The van der Waals surface area contributed by atoms with Gasteiger partial charge in [-0.15, -0.1) is 0 Å². The molecular weight excluding hydrogens is 203 g/mol. The lowest BCUT2D eigenvalue weighted by Gasteiger charge is -2.24. The predicted molar refractivity (Wildman–Crippen MR) is 63.1 cm³/mol. The molecule has 0 bridgehead atoms. The second-order valence-corrected chi connectivity index (χ2v) is 4.61. The lowest BCUT2D eigenvalue weighted by Crippen LogP contribution is -2.31. The van der Waals surface area contributed by atoms with E-state index in [1.54, 1.807) is 6.07 Å². The van der Waals surface area contributed by atoms with Crippen LogP contribution in [0, 0.1) is 12.7 Å². The summed E-state index contributed by atoms with van der Waals surface area (Å²) < 4.78 is 16.1. The third kappa shape index (κ3) is 1.21. The van der Waals surface area contributed by atoms with Crippen molar-refractivity contribution in [1.82, 2.24) is 9.88 Å². The molecule has 0 saturated heterocycles. The minimum atomic E-state index is -0.111. The van der Waals surface area contributed by atoms with Crippen molar-refractivity contribution < 1.29 is 4.39 Å². The predicted octanol–water partition coefficient (Wildman–Crippen LogP) is 2.75. The van der Waals surface area contributed by atoms with E-state index in [4.69, 9.17) is 0 Å². The standard InChI is InChI=1S/C13H15FN2/c1-8-3-4-12(14)13-11(8)5-10-7-15-6-9(2)16(10)13/h3-5,9,15H,6-7H2,1-2H3/t9-/m1/s1. The van der Waals surface area contributed by atoms with Crippen LogP contribution in [0.2, 0.25) is 0 Å². The van der Waals surface area contributed by atoms with Gasteiger partial charge in [-0.3, -0.25) is 0 Å². The Morgan fingerprint density at radius 3 is 3.06 bits per heavy atom. The summed E-state index contributed by atoms with van der Waals surface area (Å²) in [5, 5.41) is 4.39. The molecule has 0 spiro atoms. The van der Waals surface area contributed by atoms with Gasteiger partial charge in [-0.1, -0.05) is 6.07 Å². The van der Waals surface area contributed by atoms with Gasteiger partial charge in [-0.2, -0.15) is 0 Å². The zero-order chi connectivity index (χ0) is 11.3. The van der Waals surface area contributed by atoms with Crippen LogP contribution in [-0.4, -0.2) is 11.1 Å². The first-order valence-electron chi connectivity index (χ1n) is 5.68. The molecule has 0 aliphatic carbocycles. The van der Waals surface area contributed by atoms with E-state index in [1.165, 1.54) is 5.69 Å². The van der Waals surface area contributed by atoms with Crippen LogP contribution in [0.15, 0.2) is 18.2 Å². The normalized spacial score (nSPS) is 20.1. The molecule has 1 aliphatic rings. The topological polar surface area (TPSA) is 17.0 Å². The minimum absolute atomic E-state index is 0.111. The Labute approximate surface area is 94.1 Å². The fourth-order valence-electron chi connectivity index (χ4n) is 2.63. The van der Waals surface area contributed by atoms with E-state index in [0.29, 0.717) is 6.04 Å². The number of hydrogen-bond acceptors (Lipinski definition) is 1. The second kappa shape index (κ2) is 3.32. The van der Waals surface area contributed by atoms with E-state index in [1.807, 2.05) is 13.0 Å². The molecule has 1 aromatic carbocycles. The maximum atomic E-state index is 13.9. The Bertz CT molecular complexity index is 557. The van der Waals surface area contributed by atoms with Gasteiger partial charge in [0.2, 0.25) is 0 Å².